The lowest BCUT2D eigenvalue weighted by atomic mass is 10.4. The van der Waals surface area contributed by atoms with E-state index in [2.05, 4.69) is 25.9 Å². The van der Waals surface area contributed by atoms with E-state index in [1.54, 1.807) is 30.7 Å². The molecule has 82 valence electrons. The highest BCUT2D eigenvalue weighted by atomic mass is 79.9. The van der Waals surface area contributed by atoms with Gasteiger partial charge in [0.2, 0.25) is 0 Å². The van der Waals surface area contributed by atoms with Crippen molar-refractivity contribution in [1.29, 1.82) is 0 Å². The lowest BCUT2D eigenvalue weighted by Crippen LogP contribution is -2.31. The number of carbonyl (C=O) groups excluding carboxylic acids is 1. The van der Waals surface area contributed by atoms with E-state index >= 15 is 0 Å². The highest BCUT2D eigenvalue weighted by Gasteiger charge is 2.17. The second kappa shape index (κ2) is 4.58. The average molecular weight is 299 g/mol. The quantitative estimate of drug-likeness (QED) is 0.926. The third-order valence-corrected chi connectivity index (χ3v) is 3.26. The van der Waals surface area contributed by atoms with Crippen LogP contribution in [0.15, 0.2) is 34.5 Å². The Kier molecular flexibility index (Phi) is 3.16. The van der Waals surface area contributed by atoms with Crippen molar-refractivity contribution in [3.05, 3.63) is 34.5 Å². The summed E-state index contributed by atoms with van der Waals surface area (Å²) in [6, 6.07) is 2.81. The van der Waals surface area contributed by atoms with Crippen LogP contribution in [0.3, 0.4) is 0 Å². The Balaban J connectivity index is 2.43. The molecule has 0 unspecified atom stereocenters. The molecule has 2 aromatic heterocycles. The van der Waals surface area contributed by atoms with Crippen LogP contribution in [-0.2, 0) is 0 Å². The molecule has 0 atom stereocenters. The number of amides is 2. The number of carbonyl (C=O) groups is 1. The number of anilines is 2. The summed E-state index contributed by atoms with van der Waals surface area (Å²) in [5, 5.41) is 0.519. The van der Waals surface area contributed by atoms with Crippen molar-refractivity contribution in [1.82, 2.24) is 9.97 Å². The van der Waals surface area contributed by atoms with Crippen molar-refractivity contribution >= 4 is 44.1 Å². The molecule has 0 fully saturated rings. The normalized spacial score (nSPS) is 10.1. The van der Waals surface area contributed by atoms with Crippen LogP contribution in [0.4, 0.5) is 15.6 Å². The Morgan fingerprint density at radius 3 is 2.62 bits per heavy atom. The van der Waals surface area contributed by atoms with E-state index in [1.165, 1.54) is 16.2 Å². The monoisotopic (exact) mass is 298 g/mol. The molecule has 16 heavy (non-hydrogen) atoms. The first kappa shape index (κ1) is 11.0. The van der Waals surface area contributed by atoms with Crippen molar-refractivity contribution in [2.24, 2.45) is 5.73 Å². The van der Waals surface area contributed by atoms with Crippen LogP contribution >= 0.6 is 27.3 Å². The van der Waals surface area contributed by atoms with Gasteiger partial charge in [-0.3, -0.25) is 4.98 Å². The number of hydrogen-bond donors (Lipinski definition) is 1. The molecule has 2 amide bonds. The van der Waals surface area contributed by atoms with Gasteiger partial charge in [-0.25, -0.2) is 14.7 Å². The summed E-state index contributed by atoms with van der Waals surface area (Å²) in [6.07, 6.45) is 4.80. The first-order chi connectivity index (χ1) is 7.68. The zero-order chi connectivity index (χ0) is 11.5. The molecule has 2 rings (SSSR count). The van der Waals surface area contributed by atoms with Crippen molar-refractivity contribution in [3.8, 4) is 0 Å². The van der Waals surface area contributed by atoms with E-state index in [-0.39, 0.29) is 0 Å². The van der Waals surface area contributed by atoms with E-state index in [4.69, 9.17) is 5.73 Å². The minimum atomic E-state index is -0.576. The van der Waals surface area contributed by atoms with Crippen LogP contribution in [-0.4, -0.2) is 16.0 Å². The molecule has 2 N–H and O–H groups in total. The molecule has 2 heterocycles. The first-order valence-electron chi connectivity index (χ1n) is 4.29. The number of pyridine rings is 1. The summed E-state index contributed by atoms with van der Waals surface area (Å²) in [4.78, 5) is 20.7. The molecule has 0 radical (unpaired) electrons. The summed E-state index contributed by atoms with van der Waals surface area (Å²) in [5.41, 5.74) is 5.97. The number of aromatic nitrogens is 2. The highest BCUT2D eigenvalue weighted by molar-refractivity contribution is 9.11. The van der Waals surface area contributed by atoms with Crippen LogP contribution < -0.4 is 10.6 Å². The van der Waals surface area contributed by atoms with Crippen LogP contribution in [0.5, 0.6) is 0 Å². The Bertz CT molecular complexity index is 501. The SMILES string of the molecule is NC(=O)N(c1ccncc1)c1ncc(Br)s1. The van der Waals surface area contributed by atoms with E-state index in [0.29, 0.717) is 10.8 Å². The molecule has 0 aromatic carbocycles. The van der Waals surface area contributed by atoms with Crippen molar-refractivity contribution in [3.63, 3.8) is 0 Å². The van der Waals surface area contributed by atoms with Crippen molar-refractivity contribution < 1.29 is 4.79 Å². The number of halogens is 1. The Morgan fingerprint density at radius 1 is 1.44 bits per heavy atom. The Labute approximate surface area is 104 Å². The number of nitrogens with two attached hydrogens (primary N) is 1. The summed E-state index contributed by atoms with van der Waals surface area (Å²) in [6.45, 7) is 0. The van der Waals surface area contributed by atoms with Gasteiger partial charge in [0, 0.05) is 12.4 Å². The predicted molar refractivity (Wildman–Crippen MR) is 65.8 cm³/mol. The van der Waals surface area contributed by atoms with Gasteiger partial charge < -0.3 is 5.73 Å². The van der Waals surface area contributed by atoms with Gasteiger partial charge in [0.15, 0.2) is 5.13 Å². The number of thiazole rings is 1. The topological polar surface area (TPSA) is 72.1 Å². The van der Waals surface area contributed by atoms with E-state index in [0.717, 1.165) is 3.79 Å². The van der Waals surface area contributed by atoms with Crippen LogP contribution in [0, 0.1) is 0 Å². The standard InChI is InChI=1S/C9H7BrN4OS/c10-7-5-13-9(16-7)14(8(11)15)6-1-3-12-4-2-6/h1-5H,(H2,11,15). The molecule has 0 aliphatic carbocycles. The summed E-state index contributed by atoms with van der Waals surface area (Å²) < 4.78 is 0.836. The van der Waals surface area contributed by atoms with E-state index < -0.39 is 6.03 Å². The number of urea groups is 1. The van der Waals surface area contributed by atoms with E-state index in [9.17, 15) is 4.79 Å². The fraction of sp³-hybridized carbons (Fsp3) is 0. The number of primary amides is 1. The minimum Gasteiger partial charge on any atom is -0.351 e. The number of rotatable bonds is 2. The average Bonchev–Trinajstić information content (AvgIpc) is 2.66. The second-order valence-electron chi connectivity index (χ2n) is 2.83. The molecule has 0 spiro atoms. The lowest BCUT2D eigenvalue weighted by Gasteiger charge is -2.16. The van der Waals surface area contributed by atoms with Crippen LogP contribution in [0.2, 0.25) is 0 Å². The molecule has 0 aliphatic heterocycles. The molecule has 5 nitrogen and oxygen atoms in total. The van der Waals surface area contributed by atoms with Crippen molar-refractivity contribution in [2.75, 3.05) is 4.90 Å². The van der Waals surface area contributed by atoms with Gasteiger partial charge in [0.25, 0.3) is 0 Å². The zero-order valence-corrected chi connectivity index (χ0v) is 10.4. The van der Waals surface area contributed by atoms with Gasteiger partial charge in [0.1, 0.15) is 0 Å². The number of nitrogens with zero attached hydrogens (tertiary/aromatic N) is 3. The third kappa shape index (κ3) is 2.20. The van der Waals surface area contributed by atoms with Gasteiger partial charge in [-0.1, -0.05) is 11.3 Å². The maximum Gasteiger partial charge on any atom is 0.325 e. The number of hydrogen-bond acceptors (Lipinski definition) is 4. The maximum absolute atomic E-state index is 11.4. The fourth-order valence-electron chi connectivity index (χ4n) is 1.17. The molecule has 0 saturated carbocycles. The van der Waals surface area contributed by atoms with Gasteiger partial charge in [-0.05, 0) is 28.1 Å². The molecule has 0 bridgehead atoms. The Morgan fingerprint density at radius 2 is 2.12 bits per heavy atom. The van der Waals surface area contributed by atoms with Gasteiger partial charge in [-0.2, -0.15) is 0 Å². The van der Waals surface area contributed by atoms with Crippen LogP contribution in [0.1, 0.15) is 0 Å². The highest BCUT2D eigenvalue weighted by Crippen LogP contribution is 2.31. The molecule has 0 saturated heterocycles. The second-order valence-corrected chi connectivity index (χ2v) is 5.21. The molecular weight excluding hydrogens is 292 g/mol. The largest absolute Gasteiger partial charge is 0.351 e. The van der Waals surface area contributed by atoms with Crippen LogP contribution in [0.25, 0.3) is 0 Å². The lowest BCUT2D eigenvalue weighted by molar-refractivity contribution is 0.256. The molecule has 2 aromatic rings. The minimum absolute atomic E-state index is 0.519. The molecular formula is C9H7BrN4OS. The summed E-state index contributed by atoms with van der Waals surface area (Å²) in [5.74, 6) is 0. The van der Waals surface area contributed by atoms with Gasteiger partial charge in [0.05, 0.1) is 15.7 Å². The van der Waals surface area contributed by atoms with E-state index in [1.807, 2.05) is 0 Å². The zero-order valence-electron chi connectivity index (χ0n) is 8.00. The Hall–Kier alpha value is -1.47. The predicted octanol–water partition coefficient (Wildman–Crippen LogP) is 2.52. The third-order valence-electron chi connectivity index (χ3n) is 1.80. The van der Waals surface area contributed by atoms with Crippen molar-refractivity contribution in [2.45, 2.75) is 0 Å². The molecule has 7 heteroatoms. The van der Waals surface area contributed by atoms with Gasteiger partial charge in [-0.15, -0.1) is 0 Å². The smallest absolute Gasteiger partial charge is 0.325 e. The summed E-state index contributed by atoms with van der Waals surface area (Å²) >= 11 is 4.62. The molecule has 0 aliphatic rings. The first-order valence-corrected chi connectivity index (χ1v) is 5.90. The maximum atomic E-state index is 11.4. The fourth-order valence-corrected chi connectivity index (χ4v) is 2.38. The van der Waals surface area contributed by atoms with Gasteiger partial charge >= 0.3 is 6.03 Å². The summed E-state index contributed by atoms with van der Waals surface area (Å²) in [7, 11) is 0.